The van der Waals surface area contributed by atoms with Crippen molar-refractivity contribution in [1.82, 2.24) is 4.90 Å². The van der Waals surface area contributed by atoms with E-state index in [-0.39, 0.29) is 12.0 Å². The van der Waals surface area contributed by atoms with E-state index in [1.807, 2.05) is 18.4 Å². The number of thioether (sulfide) groups is 1. The van der Waals surface area contributed by atoms with Crippen LogP contribution in [-0.4, -0.2) is 42.2 Å². The summed E-state index contributed by atoms with van der Waals surface area (Å²) in [6.07, 6.45) is 2.06. The number of hydrogen-bond donors (Lipinski definition) is 2. The van der Waals surface area contributed by atoms with Crippen molar-refractivity contribution in [2.75, 3.05) is 24.7 Å². The number of fused-ring (bicyclic) bond motifs is 1. The molecule has 0 saturated heterocycles. The van der Waals surface area contributed by atoms with E-state index >= 15 is 0 Å². The third-order valence-electron chi connectivity index (χ3n) is 4.41. The summed E-state index contributed by atoms with van der Waals surface area (Å²) in [6, 6.07) is 7.21. The first-order chi connectivity index (χ1) is 13.4. The van der Waals surface area contributed by atoms with Crippen LogP contribution < -0.4 is 11.1 Å². The third-order valence-corrected chi connectivity index (χ3v) is 6.28. The maximum absolute atomic E-state index is 12.6. The summed E-state index contributed by atoms with van der Waals surface area (Å²) in [6.45, 7) is 2.82. The highest BCUT2D eigenvalue weighted by Crippen LogP contribution is 2.37. The number of hydrogen-bond acceptors (Lipinski definition) is 6. The van der Waals surface area contributed by atoms with Crippen LogP contribution in [0.25, 0.3) is 0 Å². The number of ether oxygens (including phenoxy) is 1. The number of thiophene rings is 1. The second kappa shape index (κ2) is 8.66. The van der Waals surface area contributed by atoms with Crippen molar-refractivity contribution in [3.8, 4) is 0 Å². The average molecular weight is 420 g/mol. The van der Waals surface area contributed by atoms with Crippen molar-refractivity contribution in [1.29, 1.82) is 0 Å². The number of carbonyl (C=O) groups excluding carboxylic acids is 3. The number of primary amides is 1. The van der Waals surface area contributed by atoms with E-state index in [0.717, 1.165) is 15.3 Å². The van der Waals surface area contributed by atoms with Gasteiger partial charge >= 0.3 is 6.09 Å². The minimum absolute atomic E-state index is 0.301. The molecular weight excluding hydrogens is 398 g/mol. The number of nitrogens with two attached hydrogens (primary N) is 1. The highest BCUT2D eigenvalue weighted by atomic mass is 32.2. The molecule has 3 N–H and O–H groups in total. The lowest BCUT2D eigenvalue weighted by Crippen LogP contribution is -2.36. The zero-order valence-corrected chi connectivity index (χ0v) is 17.2. The molecule has 28 heavy (non-hydrogen) atoms. The van der Waals surface area contributed by atoms with Crippen molar-refractivity contribution in [3.05, 3.63) is 45.8 Å². The number of carbonyl (C=O) groups is 3. The third kappa shape index (κ3) is 4.15. The predicted molar refractivity (Wildman–Crippen MR) is 110 cm³/mol. The number of nitrogens with zero attached hydrogens (tertiary/aromatic N) is 1. The van der Waals surface area contributed by atoms with Crippen molar-refractivity contribution in [2.24, 2.45) is 5.73 Å². The van der Waals surface area contributed by atoms with Gasteiger partial charge in [-0.25, -0.2) is 4.79 Å². The first kappa shape index (κ1) is 20.2. The monoisotopic (exact) mass is 419 g/mol. The lowest BCUT2D eigenvalue weighted by atomic mass is 10.0. The van der Waals surface area contributed by atoms with Crippen LogP contribution in [0.4, 0.5) is 9.80 Å². The van der Waals surface area contributed by atoms with Crippen molar-refractivity contribution < 1.29 is 19.1 Å². The SMILES string of the molecule is CCOC(=O)N1CCc2c(sc(NC(=O)c3ccc(SC)cc3)c2C(N)=O)C1. The molecule has 2 aromatic rings. The van der Waals surface area contributed by atoms with Crippen molar-refractivity contribution in [3.63, 3.8) is 0 Å². The summed E-state index contributed by atoms with van der Waals surface area (Å²) in [5.74, 6) is -0.897. The number of amides is 3. The molecule has 0 saturated carbocycles. The molecule has 3 amide bonds. The van der Waals surface area contributed by atoms with E-state index in [4.69, 9.17) is 10.5 Å². The van der Waals surface area contributed by atoms with Crippen LogP contribution in [0.15, 0.2) is 29.2 Å². The summed E-state index contributed by atoms with van der Waals surface area (Å²) in [7, 11) is 0. The molecular formula is C19H21N3O4S2. The Kier molecular flexibility index (Phi) is 6.25. The second-order valence-corrected chi connectivity index (χ2v) is 8.11. The molecule has 0 aliphatic carbocycles. The molecule has 1 aromatic carbocycles. The summed E-state index contributed by atoms with van der Waals surface area (Å²) in [5, 5.41) is 3.23. The molecule has 1 aliphatic rings. The fourth-order valence-corrected chi connectivity index (χ4v) is 4.71. The van der Waals surface area contributed by atoms with Crippen LogP contribution in [0.3, 0.4) is 0 Å². The van der Waals surface area contributed by atoms with Crippen molar-refractivity contribution >= 4 is 46.0 Å². The van der Waals surface area contributed by atoms with E-state index in [1.165, 1.54) is 11.3 Å². The topological polar surface area (TPSA) is 102 Å². The minimum atomic E-state index is -0.588. The highest BCUT2D eigenvalue weighted by molar-refractivity contribution is 7.98. The molecule has 0 radical (unpaired) electrons. The number of anilines is 1. The van der Waals surface area contributed by atoms with Gasteiger partial charge in [-0.15, -0.1) is 23.1 Å². The normalized spacial score (nSPS) is 13.0. The summed E-state index contributed by atoms with van der Waals surface area (Å²) in [5.41, 5.74) is 7.21. The van der Waals surface area contributed by atoms with Crippen LogP contribution in [-0.2, 0) is 17.7 Å². The molecule has 0 atom stereocenters. The van der Waals surface area contributed by atoms with Crippen LogP contribution in [0.1, 0.15) is 38.1 Å². The largest absolute Gasteiger partial charge is 0.450 e. The maximum Gasteiger partial charge on any atom is 0.410 e. The van der Waals surface area contributed by atoms with Gasteiger partial charge in [0.15, 0.2) is 0 Å². The minimum Gasteiger partial charge on any atom is -0.450 e. The summed E-state index contributed by atoms with van der Waals surface area (Å²) < 4.78 is 5.05. The smallest absolute Gasteiger partial charge is 0.410 e. The quantitative estimate of drug-likeness (QED) is 0.724. The Morgan fingerprint density at radius 2 is 2.00 bits per heavy atom. The van der Waals surface area contributed by atoms with Gasteiger partial charge in [0.25, 0.3) is 11.8 Å². The predicted octanol–water partition coefficient (Wildman–Crippen LogP) is 3.34. The first-order valence-electron chi connectivity index (χ1n) is 8.76. The highest BCUT2D eigenvalue weighted by Gasteiger charge is 2.30. The van der Waals surface area contributed by atoms with E-state index in [1.54, 1.807) is 35.7 Å². The molecule has 2 heterocycles. The Morgan fingerprint density at radius 1 is 1.29 bits per heavy atom. The van der Waals surface area contributed by atoms with Crippen LogP contribution >= 0.6 is 23.1 Å². The van der Waals surface area contributed by atoms with Gasteiger partial charge in [0.05, 0.1) is 18.7 Å². The molecule has 3 rings (SSSR count). The fourth-order valence-electron chi connectivity index (χ4n) is 3.04. The Balaban J connectivity index is 1.84. The lowest BCUT2D eigenvalue weighted by Gasteiger charge is -2.26. The van der Waals surface area contributed by atoms with Gasteiger partial charge in [0.1, 0.15) is 5.00 Å². The molecule has 7 nitrogen and oxygen atoms in total. The van der Waals surface area contributed by atoms with Crippen LogP contribution in [0, 0.1) is 0 Å². The van der Waals surface area contributed by atoms with E-state index in [0.29, 0.717) is 42.2 Å². The van der Waals surface area contributed by atoms with Gasteiger partial charge in [0, 0.05) is 21.9 Å². The number of benzene rings is 1. The van der Waals surface area contributed by atoms with Gasteiger partial charge in [-0.3, -0.25) is 9.59 Å². The molecule has 0 spiro atoms. The fraction of sp³-hybridized carbons (Fsp3) is 0.316. The summed E-state index contributed by atoms with van der Waals surface area (Å²) >= 11 is 2.86. The van der Waals surface area contributed by atoms with Gasteiger partial charge in [0.2, 0.25) is 0 Å². The zero-order valence-electron chi connectivity index (χ0n) is 15.6. The van der Waals surface area contributed by atoms with Crippen LogP contribution in [0.2, 0.25) is 0 Å². The Bertz CT molecular complexity index is 909. The van der Waals surface area contributed by atoms with E-state index < -0.39 is 5.91 Å². The molecule has 0 fully saturated rings. The molecule has 1 aromatic heterocycles. The zero-order chi connectivity index (χ0) is 20.3. The van der Waals surface area contributed by atoms with E-state index in [2.05, 4.69) is 5.32 Å². The van der Waals surface area contributed by atoms with E-state index in [9.17, 15) is 14.4 Å². The van der Waals surface area contributed by atoms with Gasteiger partial charge in [-0.1, -0.05) is 0 Å². The molecule has 1 aliphatic heterocycles. The van der Waals surface area contributed by atoms with Gasteiger partial charge in [-0.05, 0) is 49.4 Å². The molecule has 148 valence electrons. The summed E-state index contributed by atoms with van der Waals surface area (Å²) in [4.78, 5) is 40.1. The number of nitrogens with one attached hydrogen (secondary N) is 1. The number of rotatable bonds is 5. The second-order valence-electron chi connectivity index (χ2n) is 6.13. The Hall–Kier alpha value is -2.52. The molecule has 0 bridgehead atoms. The van der Waals surface area contributed by atoms with Gasteiger partial charge < -0.3 is 20.7 Å². The lowest BCUT2D eigenvalue weighted by molar-refractivity contribution is 0.0997. The maximum atomic E-state index is 12.6. The Labute approximate surface area is 171 Å². The van der Waals surface area contributed by atoms with Gasteiger partial charge in [-0.2, -0.15) is 0 Å². The van der Waals surface area contributed by atoms with Crippen molar-refractivity contribution in [2.45, 2.75) is 24.8 Å². The molecule has 9 heteroatoms. The average Bonchev–Trinajstić information content (AvgIpc) is 3.05. The van der Waals surface area contributed by atoms with Crippen LogP contribution in [0.5, 0.6) is 0 Å². The standard InChI is InChI=1S/C19H21N3O4S2/c1-3-26-19(25)22-9-8-13-14(10-22)28-18(15(13)16(20)23)21-17(24)11-4-6-12(27-2)7-5-11/h4-7H,3,8-10H2,1-2H3,(H2,20,23)(H,21,24). The Morgan fingerprint density at radius 3 is 2.61 bits per heavy atom. The first-order valence-corrected chi connectivity index (χ1v) is 10.8. The molecule has 0 unspecified atom stereocenters.